The van der Waals surface area contributed by atoms with Gasteiger partial charge in [0.1, 0.15) is 5.75 Å². The van der Waals surface area contributed by atoms with Crippen molar-refractivity contribution in [2.75, 3.05) is 13.2 Å². The Bertz CT molecular complexity index is 894. The number of likely N-dealkylation sites (tertiary alicyclic amines) is 1. The van der Waals surface area contributed by atoms with Crippen LogP contribution in [0.25, 0.3) is 5.69 Å². The number of piperidine rings is 1. The van der Waals surface area contributed by atoms with Crippen LogP contribution in [-0.4, -0.2) is 44.8 Å². The maximum atomic E-state index is 11.6. The summed E-state index contributed by atoms with van der Waals surface area (Å²) in [6, 6.07) is 12.1. The second-order valence-corrected chi connectivity index (χ2v) is 8.35. The fourth-order valence-electron chi connectivity index (χ4n) is 3.96. The van der Waals surface area contributed by atoms with Crippen LogP contribution < -0.4 is 4.74 Å². The lowest BCUT2D eigenvalue weighted by atomic mass is 9.87. The molecular weight excluding hydrogens is 386 g/mol. The molecule has 2 atom stereocenters. The summed E-state index contributed by atoms with van der Waals surface area (Å²) in [5, 5.41) is 12.5. The van der Waals surface area contributed by atoms with Gasteiger partial charge < -0.3 is 19.3 Å². The van der Waals surface area contributed by atoms with E-state index < -0.39 is 6.09 Å². The van der Waals surface area contributed by atoms with Gasteiger partial charge in [-0.25, -0.2) is 9.78 Å². The normalized spacial score (nSPS) is 19.2. The molecule has 1 saturated heterocycles. The van der Waals surface area contributed by atoms with E-state index in [0.29, 0.717) is 25.5 Å². The van der Waals surface area contributed by atoms with Crippen LogP contribution in [0.1, 0.15) is 24.3 Å². The van der Waals surface area contributed by atoms with E-state index in [4.69, 9.17) is 4.74 Å². The number of ether oxygens (including phenoxy) is 1. The number of hydrogen-bond acceptors (Lipinski definition) is 4. The fourth-order valence-corrected chi connectivity index (χ4v) is 4.65. The van der Waals surface area contributed by atoms with Gasteiger partial charge in [-0.15, -0.1) is 11.3 Å². The monoisotopic (exact) mass is 411 g/mol. The standard InChI is InChI=1S/C22H25N3O3S/c26-22(27)25-12-7-17(15-19(25)16-21-23-9-14-29-21)8-13-28-20-5-3-18(4-6-20)24-10-1-2-11-24/h1-6,9-11,14,17,19H,7-8,12-13,15-16H2,(H,26,27). The van der Waals surface area contributed by atoms with Crippen molar-refractivity contribution >= 4 is 17.4 Å². The highest BCUT2D eigenvalue weighted by atomic mass is 32.1. The van der Waals surface area contributed by atoms with Crippen molar-refractivity contribution in [1.29, 1.82) is 0 Å². The van der Waals surface area contributed by atoms with E-state index in [0.717, 1.165) is 35.7 Å². The van der Waals surface area contributed by atoms with E-state index in [1.54, 1.807) is 22.4 Å². The third-order valence-electron chi connectivity index (χ3n) is 5.50. The summed E-state index contributed by atoms with van der Waals surface area (Å²) in [6.45, 7) is 1.23. The number of aromatic nitrogens is 2. The number of thiazole rings is 1. The number of hydrogen-bond donors (Lipinski definition) is 1. The molecule has 0 bridgehead atoms. The van der Waals surface area contributed by atoms with Crippen molar-refractivity contribution < 1.29 is 14.6 Å². The lowest BCUT2D eigenvalue weighted by Gasteiger charge is -2.37. The van der Waals surface area contributed by atoms with Crippen LogP contribution in [0.15, 0.2) is 60.4 Å². The first-order valence-corrected chi connectivity index (χ1v) is 10.8. The van der Waals surface area contributed by atoms with Crippen molar-refractivity contribution in [3.8, 4) is 11.4 Å². The Morgan fingerprint density at radius 2 is 2.03 bits per heavy atom. The first-order valence-electron chi connectivity index (χ1n) is 9.93. The Balaban J connectivity index is 1.28. The predicted molar refractivity (Wildman–Crippen MR) is 113 cm³/mol. The molecule has 0 radical (unpaired) electrons. The SMILES string of the molecule is O=C(O)N1CCC(CCOc2ccc(-n3cccc3)cc2)CC1Cc1nccs1. The zero-order valence-corrected chi connectivity index (χ0v) is 17.0. The molecule has 1 fully saturated rings. The minimum Gasteiger partial charge on any atom is -0.494 e. The summed E-state index contributed by atoms with van der Waals surface area (Å²) >= 11 is 1.59. The van der Waals surface area contributed by atoms with Crippen LogP contribution in [0.3, 0.4) is 0 Å². The number of amides is 1. The fraction of sp³-hybridized carbons (Fsp3) is 0.364. The maximum Gasteiger partial charge on any atom is 0.407 e. The molecule has 0 aliphatic carbocycles. The Hall–Kier alpha value is -2.80. The van der Waals surface area contributed by atoms with Crippen molar-refractivity contribution in [2.45, 2.75) is 31.7 Å². The number of carbonyl (C=O) groups is 1. The van der Waals surface area contributed by atoms with E-state index in [1.807, 2.05) is 54.2 Å². The number of rotatable bonds is 7. The molecule has 0 spiro atoms. The Morgan fingerprint density at radius 1 is 1.24 bits per heavy atom. The van der Waals surface area contributed by atoms with Gasteiger partial charge in [0.2, 0.25) is 0 Å². The molecule has 1 amide bonds. The second kappa shape index (κ2) is 9.13. The molecule has 3 heterocycles. The molecule has 6 nitrogen and oxygen atoms in total. The summed E-state index contributed by atoms with van der Waals surface area (Å²) in [5.74, 6) is 1.33. The zero-order valence-electron chi connectivity index (χ0n) is 16.2. The Labute approximate surface area is 174 Å². The molecule has 2 unspecified atom stereocenters. The molecular formula is C22H25N3O3S. The van der Waals surface area contributed by atoms with E-state index >= 15 is 0 Å². The summed E-state index contributed by atoms with van der Waals surface area (Å²) in [5.41, 5.74) is 1.11. The summed E-state index contributed by atoms with van der Waals surface area (Å²) in [7, 11) is 0. The lowest BCUT2D eigenvalue weighted by Crippen LogP contribution is -2.46. The minimum absolute atomic E-state index is 0.00162. The number of carboxylic acid groups (broad SMARTS) is 1. The summed E-state index contributed by atoms with van der Waals surface area (Å²) in [4.78, 5) is 17.5. The minimum atomic E-state index is -0.830. The molecule has 1 aliphatic rings. The largest absolute Gasteiger partial charge is 0.494 e. The van der Waals surface area contributed by atoms with Gasteiger partial charge in [0, 0.05) is 48.7 Å². The highest BCUT2D eigenvalue weighted by molar-refractivity contribution is 7.09. The van der Waals surface area contributed by atoms with Gasteiger partial charge in [-0.2, -0.15) is 0 Å². The van der Waals surface area contributed by atoms with E-state index in [-0.39, 0.29) is 6.04 Å². The molecule has 0 saturated carbocycles. The second-order valence-electron chi connectivity index (χ2n) is 7.37. The van der Waals surface area contributed by atoms with Gasteiger partial charge in [-0.05, 0) is 61.6 Å². The van der Waals surface area contributed by atoms with E-state index in [2.05, 4.69) is 9.55 Å². The molecule has 152 valence electrons. The molecule has 4 rings (SSSR count). The van der Waals surface area contributed by atoms with Crippen LogP contribution in [-0.2, 0) is 6.42 Å². The summed E-state index contributed by atoms with van der Waals surface area (Å²) in [6.07, 6.45) is 8.36. The first kappa shape index (κ1) is 19.5. The first-order chi connectivity index (χ1) is 14.2. The van der Waals surface area contributed by atoms with Crippen molar-refractivity contribution in [2.24, 2.45) is 5.92 Å². The van der Waals surface area contributed by atoms with Crippen molar-refractivity contribution in [3.05, 3.63) is 65.4 Å². The van der Waals surface area contributed by atoms with Gasteiger partial charge in [-0.1, -0.05) is 0 Å². The molecule has 1 aromatic carbocycles. The van der Waals surface area contributed by atoms with Crippen LogP contribution in [0.5, 0.6) is 5.75 Å². The molecule has 7 heteroatoms. The molecule has 3 aromatic rings. The molecule has 2 aromatic heterocycles. The average molecular weight is 412 g/mol. The van der Waals surface area contributed by atoms with Gasteiger partial charge in [0.05, 0.1) is 11.6 Å². The van der Waals surface area contributed by atoms with Gasteiger partial charge in [0.25, 0.3) is 0 Å². The van der Waals surface area contributed by atoms with Crippen molar-refractivity contribution in [1.82, 2.24) is 14.5 Å². The van der Waals surface area contributed by atoms with Crippen LogP contribution in [0, 0.1) is 5.92 Å². The van der Waals surface area contributed by atoms with Crippen LogP contribution in [0.4, 0.5) is 4.79 Å². The third kappa shape index (κ3) is 4.98. The van der Waals surface area contributed by atoms with E-state index in [9.17, 15) is 9.90 Å². The highest BCUT2D eigenvalue weighted by Gasteiger charge is 2.32. The van der Waals surface area contributed by atoms with Gasteiger partial charge >= 0.3 is 6.09 Å². The molecule has 1 aliphatic heterocycles. The zero-order chi connectivity index (χ0) is 20.1. The summed E-state index contributed by atoms with van der Waals surface area (Å²) < 4.78 is 8.01. The lowest BCUT2D eigenvalue weighted by molar-refractivity contribution is 0.0842. The quantitative estimate of drug-likeness (QED) is 0.612. The smallest absolute Gasteiger partial charge is 0.407 e. The Morgan fingerprint density at radius 3 is 2.72 bits per heavy atom. The van der Waals surface area contributed by atoms with Crippen molar-refractivity contribution in [3.63, 3.8) is 0 Å². The van der Waals surface area contributed by atoms with Gasteiger partial charge in [0.15, 0.2) is 0 Å². The van der Waals surface area contributed by atoms with Crippen LogP contribution >= 0.6 is 11.3 Å². The maximum absolute atomic E-state index is 11.6. The molecule has 29 heavy (non-hydrogen) atoms. The predicted octanol–water partition coefficient (Wildman–Crippen LogP) is 4.70. The average Bonchev–Trinajstić information content (AvgIpc) is 3.43. The number of nitrogens with zero attached hydrogens (tertiary/aromatic N) is 3. The van der Waals surface area contributed by atoms with Gasteiger partial charge in [-0.3, -0.25) is 0 Å². The molecule has 1 N–H and O–H groups in total. The third-order valence-corrected chi connectivity index (χ3v) is 6.30. The Kier molecular flexibility index (Phi) is 6.14. The van der Waals surface area contributed by atoms with Crippen LogP contribution in [0.2, 0.25) is 0 Å². The number of benzene rings is 1. The topological polar surface area (TPSA) is 67.6 Å². The van der Waals surface area contributed by atoms with E-state index in [1.165, 1.54) is 0 Å². The highest BCUT2D eigenvalue weighted by Crippen LogP contribution is 2.28.